The number of hydrogen-bond acceptors (Lipinski definition) is 2. The molecule has 0 aliphatic heterocycles. The number of benzene rings is 1. The lowest BCUT2D eigenvalue weighted by molar-refractivity contribution is 0.414. The van der Waals surface area contributed by atoms with E-state index in [0.717, 1.165) is 31.6 Å². The summed E-state index contributed by atoms with van der Waals surface area (Å²) in [6.07, 6.45) is 3.13. The summed E-state index contributed by atoms with van der Waals surface area (Å²) >= 11 is 0. The van der Waals surface area contributed by atoms with E-state index in [1.807, 2.05) is 19.1 Å². The second-order valence-electron chi connectivity index (χ2n) is 4.27. The Balaban J connectivity index is 2.45. The van der Waals surface area contributed by atoms with Gasteiger partial charge in [0.15, 0.2) is 0 Å². The molecule has 1 aromatic carbocycles. The summed E-state index contributed by atoms with van der Waals surface area (Å²) in [5.74, 6) is 7.03. The Kier molecular flexibility index (Phi) is 6.98. The SMILES string of the molecule is CC#CCC(CCc1ccc(OC)cc1)NCC. The van der Waals surface area contributed by atoms with Crippen LogP contribution in [0, 0.1) is 11.8 Å². The summed E-state index contributed by atoms with van der Waals surface area (Å²) in [7, 11) is 1.69. The number of methoxy groups -OCH3 is 1. The lowest BCUT2D eigenvalue weighted by atomic mass is 10.0. The van der Waals surface area contributed by atoms with Crippen molar-refractivity contribution in [2.24, 2.45) is 0 Å². The van der Waals surface area contributed by atoms with Crippen molar-refractivity contribution in [1.82, 2.24) is 5.32 Å². The van der Waals surface area contributed by atoms with Crippen LogP contribution in [0.25, 0.3) is 0 Å². The summed E-state index contributed by atoms with van der Waals surface area (Å²) in [6, 6.07) is 8.79. The summed E-state index contributed by atoms with van der Waals surface area (Å²) in [5.41, 5.74) is 1.35. The van der Waals surface area contributed by atoms with Crippen LogP contribution in [-0.2, 0) is 6.42 Å². The number of rotatable bonds is 7. The third-order valence-corrected chi connectivity index (χ3v) is 2.96. The first kappa shape index (κ1) is 14.6. The molecule has 0 saturated heterocycles. The van der Waals surface area contributed by atoms with Crippen molar-refractivity contribution in [2.45, 2.75) is 39.2 Å². The summed E-state index contributed by atoms with van der Waals surface area (Å²) in [6.45, 7) is 5.03. The van der Waals surface area contributed by atoms with Gasteiger partial charge in [0.05, 0.1) is 7.11 Å². The van der Waals surface area contributed by atoms with Crippen LogP contribution >= 0.6 is 0 Å². The summed E-state index contributed by atoms with van der Waals surface area (Å²) in [4.78, 5) is 0. The molecule has 1 N–H and O–H groups in total. The van der Waals surface area contributed by atoms with Gasteiger partial charge in [-0.15, -0.1) is 11.8 Å². The Morgan fingerprint density at radius 3 is 2.56 bits per heavy atom. The molecule has 0 spiro atoms. The van der Waals surface area contributed by atoms with Gasteiger partial charge in [-0.2, -0.15) is 0 Å². The van der Waals surface area contributed by atoms with Gasteiger partial charge in [0.25, 0.3) is 0 Å². The van der Waals surface area contributed by atoms with E-state index in [2.05, 4.69) is 36.2 Å². The fourth-order valence-corrected chi connectivity index (χ4v) is 1.92. The smallest absolute Gasteiger partial charge is 0.118 e. The highest BCUT2D eigenvalue weighted by atomic mass is 16.5. The zero-order valence-electron chi connectivity index (χ0n) is 11.6. The average Bonchev–Trinajstić information content (AvgIpc) is 2.42. The maximum atomic E-state index is 5.16. The minimum absolute atomic E-state index is 0.490. The monoisotopic (exact) mass is 245 g/mol. The van der Waals surface area contributed by atoms with Gasteiger partial charge in [-0.25, -0.2) is 0 Å². The van der Waals surface area contributed by atoms with Gasteiger partial charge in [0.1, 0.15) is 5.75 Å². The number of hydrogen-bond donors (Lipinski definition) is 1. The Morgan fingerprint density at radius 1 is 1.28 bits per heavy atom. The van der Waals surface area contributed by atoms with E-state index in [1.165, 1.54) is 5.56 Å². The van der Waals surface area contributed by atoms with Gasteiger partial charge in [-0.1, -0.05) is 19.1 Å². The van der Waals surface area contributed by atoms with Crippen LogP contribution in [0.2, 0.25) is 0 Å². The minimum atomic E-state index is 0.490. The maximum absolute atomic E-state index is 5.16. The number of aryl methyl sites for hydroxylation is 1. The molecule has 1 aromatic rings. The fourth-order valence-electron chi connectivity index (χ4n) is 1.92. The van der Waals surface area contributed by atoms with E-state index in [0.29, 0.717) is 6.04 Å². The molecule has 98 valence electrons. The van der Waals surface area contributed by atoms with Gasteiger partial charge in [-0.05, 0) is 44.0 Å². The van der Waals surface area contributed by atoms with E-state index in [-0.39, 0.29) is 0 Å². The van der Waals surface area contributed by atoms with E-state index in [4.69, 9.17) is 4.74 Å². The number of ether oxygens (including phenoxy) is 1. The molecule has 0 aliphatic rings. The first-order chi connectivity index (χ1) is 8.80. The Morgan fingerprint density at radius 2 is 2.00 bits per heavy atom. The topological polar surface area (TPSA) is 21.3 Å². The standard InChI is InChI=1S/C16H23NO/c1-4-6-7-15(17-5-2)11-8-14-9-12-16(18-3)13-10-14/h9-10,12-13,15,17H,5,7-8,11H2,1-3H3. The van der Waals surface area contributed by atoms with Crippen molar-refractivity contribution < 1.29 is 4.74 Å². The van der Waals surface area contributed by atoms with Crippen molar-refractivity contribution >= 4 is 0 Å². The van der Waals surface area contributed by atoms with Crippen molar-refractivity contribution in [3.05, 3.63) is 29.8 Å². The molecular formula is C16H23NO. The van der Waals surface area contributed by atoms with Crippen molar-refractivity contribution in [3.63, 3.8) is 0 Å². The van der Waals surface area contributed by atoms with Crippen LogP contribution in [-0.4, -0.2) is 19.7 Å². The average molecular weight is 245 g/mol. The van der Waals surface area contributed by atoms with Crippen LogP contribution in [0.3, 0.4) is 0 Å². The zero-order valence-corrected chi connectivity index (χ0v) is 11.6. The molecule has 0 aromatic heterocycles. The van der Waals surface area contributed by atoms with Crippen molar-refractivity contribution in [1.29, 1.82) is 0 Å². The van der Waals surface area contributed by atoms with Gasteiger partial charge >= 0.3 is 0 Å². The molecule has 2 heteroatoms. The Hall–Kier alpha value is -1.46. The zero-order chi connectivity index (χ0) is 13.2. The molecule has 0 fully saturated rings. The second kappa shape index (κ2) is 8.60. The molecular weight excluding hydrogens is 222 g/mol. The second-order valence-corrected chi connectivity index (χ2v) is 4.27. The van der Waals surface area contributed by atoms with Crippen molar-refractivity contribution in [3.8, 4) is 17.6 Å². The predicted molar refractivity (Wildman–Crippen MR) is 76.8 cm³/mol. The molecule has 18 heavy (non-hydrogen) atoms. The Bertz CT molecular complexity index is 386. The highest BCUT2D eigenvalue weighted by Gasteiger charge is 2.05. The highest BCUT2D eigenvalue weighted by molar-refractivity contribution is 5.27. The van der Waals surface area contributed by atoms with Crippen LogP contribution in [0.1, 0.15) is 32.3 Å². The lowest BCUT2D eigenvalue weighted by Gasteiger charge is -2.15. The van der Waals surface area contributed by atoms with Gasteiger partial charge in [0.2, 0.25) is 0 Å². The van der Waals surface area contributed by atoms with Crippen LogP contribution in [0.15, 0.2) is 24.3 Å². The summed E-state index contributed by atoms with van der Waals surface area (Å²) < 4.78 is 5.16. The molecule has 0 heterocycles. The normalized spacial score (nSPS) is 11.5. The van der Waals surface area contributed by atoms with Gasteiger partial charge in [-0.3, -0.25) is 0 Å². The molecule has 0 amide bonds. The fraction of sp³-hybridized carbons (Fsp3) is 0.500. The predicted octanol–water partition coefficient (Wildman–Crippen LogP) is 3.02. The van der Waals surface area contributed by atoms with Crippen molar-refractivity contribution in [2.75, 3.05) is 13.7 Å². The molecule has 0 bridgehead atoms. The van der Waals surface area contributed by atoms with Crippen LogP contribution < -0.4 is 10.1 Å². The van der Waals surface area contributed by atoms with Gasteiger partial charge < -0.3 is 10.1 Å². The lowest BCUT2D eigenvalue weighted by Crippen LogP contribution is -2.28. The first-order valence-electron chi connectivity index (χ1n) is 6.56. The molecule has 0 saturated carbocycles. The minimum Gasteiger partial charge on any atom is -0.497 e. The van der Waals surface area contributed by atoms with Crippen LogP contribution in [0.4, 0.5) is 0 Å². The van der Waals surface area contributed by atoms with E-state index in [1.54, 1.807) is 7.11 Å². The van der Waals surface area contributed by atoms with E-state index in [9.17, 15) is 0 Å². The molecule has 0 radical (unpaired) electrons. The number of nitrogens with one attached hydrogen (secondary N) is 1. The van der Waals surface area contributed by atoms with E-state index < -0.39 is 0 Å². The molecule has 0 aliphatic carbocycles. The third kappa shape index (κ3) is 5.25. The molecule has 2 nitrogen and oxygen atoms in total. The van der Waals surface area contributed by atoms with Crippen LogP contribution in [0.5, 0.6) is 5.75 Å². The third-order valence-electron chi connectivity index (χ3n) is 2.96. The van der Waals surface area contributed by atoms with E-state index >= 15 is 0 Å². The molecule has 1 rings (SSSR count). The Labute approximate surface area is 111 Å². The first-order valence-corrected chi connectivity index (χ1v) is 6.56. The largest absolute Gasteiger partial charge is 0.497 e. The molecule has 1 unspecified atom stereocenters. The molecule has 1 atom stereocenters. The quantitative estimate of drug-likeness (QED) is 0.746. The van der Waals surface area contributed by atoms with Gasteiger partial charge in [0, 0.05) is 12.5 Å². The summed E-state index contributed by atoms with van der Waals surface area (Å²) in [5, 5.41) is 3.48. The highest BCUT2D eigenvalue weighted by Crippen LogP contribution is 2.13. The maximum Gasteiger partial charge on any atom is 0.118 e.